The van der Waals surface area contributed by atoms with Crippen molar-refractivity contribution >= 4 is 0 Å². The summed E-state index contributed by atoms with van der Waals surface area (Å²) in [4.78, 5) is 7.02. The zero-order valence-corrected chi connectivity index (χ0v) is 13.8. The van der Waals surface area contributed by atoms with Crippen LogP contribution in [0.5, 0.6) is 0 Å². The van der Waals surface area contributed by atoms with Crippen molar-refractivity contribution in [1.29, 1.82) is 0 Å². The minimum Gasteiger partial charge on any atom is -0.391 e. The van der Waals surface area contributed by atoms with Gasteiger partial charge in [0, 0.05) is 18.3 Å². The predicted molar refractivity (Wildman–Crippen MR) is 87.1 cm³/mol. The Morgan fingerprint density at radius 2 is 2.10 bits per heavy atom. The molecule has 0 bridgehead atoms. The lowest BCUT2D eigenvalue weighted by Crippen LogP contribution is -2.47. The number of nitrogens with zero attached hydrogens (tertiary/aromatic N) is 2. The summed E-state index contributed by atoms with van der Waals surface area (Å²) in [5.41, 5.74) is 2.18. The molecular weight excluding hydrogens is 260 g/mol. The molecule has 0 aliphatic heterocycles. The van der Waals surface area contributed by atoms with E-state index in [1.54, 1.807) is 0 Å². The Hall–Kier alpha value is -0.930. The molecule has 0 spiro atoms. The van der Waals surface area contributed by atoms with Gasteiger partial charge in [-0.3, -0.25) is 9.88 Å². The first-order valence-electron chi connectivity index (χ1n) is 8.48. The molecule has 0 amide bonds. The monoisotopic (exact) mass is 290 g/mol. The van der Waals surface area contributed by atoms with Gasteiger partial charge in [0.25, 0.3) is 0 Å². The van der Waals surface area contributed by atoms with Crippen LogP contribution in [0.1, 0.15) is 57.3 Å². The van der Waals surface area contributed by atoms with Crippen molar-refractivity contribution < 1.29 is 5.11 Å². The van der Waals surface area contributed by atoms with Gasteiger partial charge in [0.15, 0.2) is 0 Å². The van der Waals surface area contributed by atoms with Crippen LogP contribution < -0.4 is 0 Å². The molecule has 0 saturated heterocycles. The van der Waals surface area contributed by atoms with E-state index in [0.29, 0.717) is 6.04 Å². The van der Waals surface area contributed by atoms with Gasteiger partial charge in [-0.15, -0.1) is 0 Å². The van der Waals surface area contributed by atoms with Crippen LogP contribution in [-0.4, -0.2) is 33.7 Å². The van der Waals surface area contributed by atoms with E-state index >= 15 is 0 Å². The predicted octanol–water partition coefficient (Wildman–Crippen LogP) is 3.54. The Kier molecular flexibility index (Phi) is 6.19. The van der Waals surface area contributed by atoms with E-state index in [9.17, 15) is 5.11 Å². The highest BCUT2D eigenvalue weighted by molar-refractivity contribution is 5.10. The highest BCUT2D eigenvalue weighted by Gasteiger charge is 2.32. The summed E-state index contributed by atoms with van der Waals surface area (Å²) in [5.74, 6) is 0.780. The average molecular weight is 290 g/mol. The third-order valence-corrected chi connectivity index (χ3v) is 4.77. The van der Waals surface area contributed by atoms with Gasteiger partial charge < -0.3 is 5.11 Å². The van der Waals surface area contributed by atoms with Gasteiger partial charge in [-0.2, -0.15) is 0 Å². The van der Waals surface area contributed by atoms with Crippen molar-refractivity contribution in [2.75, 3.05) is 6.54 Å². The molecule has 1 aromatic rings. The van der Waals surface area contributed by atoms with Crippen molar-refractivity contribution in [1.82, 2.24) is 9.88 Å². The molecule has 118 valence electrons. The van der Waals surface area contributed by atoms with E-state index in [1.165, 1.54) is 19.3 Å². The molecule has 3 nitrogen and oxygen atoms in total. The van der Waals surface area contributed by atoms with Gasteiger partial charge in [0.2, 0.25) is 0 Å². The number of likely N-dealkylation sites (N-methyl/N-ethyl adjacent to an activating group) is 1. The number of aliphatic hydroxyl groups is 1. The molecule has 0 radical (unpaired) electrons. The first-order valence-corrected chi connectivity index (χ1v) is 8.48. The van der Waals surface area contributed by atoms with E-state index in [4.69, 9.17) is 0 Å². The number of pyridine rings is 1. The van der Waals surface area contributed by atoms with Crippen molar-refractivity contribution in [2.45, 2.75) is 71.6 Å². The van der Waals surface area contributed by atoms with Crippen molar-refractivity contribution in [3.8, 4) is 0 Å². The summed E-state index contributed by atoms with van der Waals surface area (Å²) >= 11 is 0. The minimum atomic E-state index is -0.178. The number of aryl methyl sites for hydroxylation is 1. The Balaban J connectivity index is 2.04. The average Bonchev–Trinajstić information content (AvgIpc) is 2.47. The fourth-order valence-corrected chi connectivity index (χ4v) is 3.64. The molecule has 21 heavy (non-hydrogen) atoms. The van der Waals surface area contributed by atoms with Crippen LogP contribution in [0.3, 0.4) is 0 Å². The van der Waals surface area contributed by atoms with E-state index in [2.05, 4.69) is 35.9 Å². The third kappa shape index (κ3) is 4.52. The first kappa shape index (κ1) is 16.4. The minimum absolute atomic E-state index is 0.178. The van der Waals surface area contributed by atoms with Gasteiger partial charge in [0.05, 0.1) is 11.8 Å². The summed E-state index contributed by atoms with van der Waals surface area (Å²) in [5, 5.41) is 10.4. The molecular formula is C18H30N2O. The van der Waals surface area contributed by atoms with Gasteiger partial charge in [-0.1, -0.05) is 32.8 Å². The van der Waals surface area contributed by atoms with Crippen LogP contribution in [0, 0.1) is 12.8 Å². The maximum atomic E-state index is 10.4. The Bertz CT molecular complexity index is 435. The molecule has 3 heteroatoms. The summed E-state index contributed by atoms with van der Waals surface area (Å²) in [6.07, 6.45) is 5.64. The molecule has 1 aliphatic rings. The van der Waals surface area contributed by atoms with Crippen LogP contribution in [0.2, 0.25) is 0 Å². The van der Waals surface area contributed by atoms with Gasteiger partial charge in [0.1, 0.15) is 0 Å². The Morgan fingerprint density at radius 1 is 1.29 bits per heavy atom. The number of aliphatic hydroxyl groups excluding tert-OH is 1. The summed E-state index contributed by atoms with van der Waals surface area (Å²) in [6.45, 7) is 8.29. The molecule has 2 rings (SSSR count). The Morgan fingerprint density at radius 3 is 2.76 bits per heavy atom. The largest absolute Gasteiger partial charge is 0.391 e. The number of hydrogen-bond donors (Lipinski definition) is 1. The molecule has 0 aromatic carbocycles. The van der Waals surface area contributed by atoms with E-state index < -0.39 is 0 Å². The normalized spacial score (nSPS) is 26.2. The van der Waals surface area contributed by atoms with Crippen molar-refractivity contribution in [3.05, 3.63) is 29.6 Å². The maximum absolute atomic E-state index is 10.4. The van der Waals surface area contributed by atoms with Gasteiger partial charge in [-0.25, -0.2) is 0 Å². The summed E-state index contributed by atoms with van der Waals surface area (Å²) in [7, 11) is 0. The van der Waals surface area contributed by atoms with Crippen LogP contribution >= 0.6 is 0 Å². The lowest BCUT2D eigenvalue weighted by atomic mass is 9.80. The van der Waals surface area contributed by atoms with Crippen LogP contribution in [0.15, 0.2) is 18.2 Å². The zero-order valence-electron chi connectivity index (χ0n) is 13.8. The number of aromatic nitrogens is 1. The molecule has 3 atom stereocenters. The molecule has 1 heterocycles. The van der Waals surface area contributed by atoms with E-state index in [1.807, 2.05) is 13.0 Å². The van der Waals surface area contributed by atoms with Crippen LogP contribution in [0.4, 0.5) is 0 Å². The van der Waals surface area contributed by atoms with Crippen LogP contribution in [0.25, 0.3) is 0 Å². The number of hydrogen-bond acceptors (Lipinski definition) is 3. The second-order valence-electron chi connectivity index (χ2n) is 6.44. The quantitative estimate of drug-likeness (QED) is 0.870. The van der Waals surface area contributed by atoms with E-state index in [-0.39, 0.29) is 6.10 Å². The molecule has 3 unspecified atom stereocenters. The fourth-order valence-electron chi connectivity index (χ4n) is 3.64. The third-order valence-electron chi connectivity index (χ3n) is 4.77. The molecule has 1 aliphatic carbocycles. The second kappa shape index (κ2) is 7.90. The standard InChI is InChI=1S/C18H30N2O/c1-4-7-15-10-11-18(21)17(12-15)20(5-2)13-16-9-6-8-14(3)19-16/h6,8-9,15,17-18,21H,4-5,7,10-13H2,1-3H3. The summed E-state index contributed by atoms with van der Waals surface area (Å²) in [6, 6.07) is 6.49. The topological polar surface area (TPSA) is 36.4 Å². The van der Waals surface area contributed by atoms with Gasteiger partial charge in [-0.05, 0) is 50.8 Å². The SMILES string of the molecule is CCCC1CCC(O)C(N(CC)Cc2cccc(C)n2)C1. The number of rotatable bonds is 6. The lowest BCUT2D eigenvalue weighted by Gasteiger charge is -2.40. The van der Waals surface area contributed by atoms with Crippen molar-refractivity contribution in [3.63, 3.8) is 0 Å². The molecule has 1 N–H and O–H groups in total. The van der Waals surface area contributed by atoms with Crippen LogP contribution in [-0.2, 0) is 6.54 Å². The highest BCUT2D eigenvalue weighted by Crippen LogP contribution is 2.31. The molecule has 1 fully saturated rings. The smallest absolute Gasteiger partial charge is 0.0695 e. The van der Waals surface area contributed by atoms with E-state index in [0.717, 1.165) is 43.2 Å². The fraction of sp³-hybridized carbons (Fsp3) is 0.722. The molecule has 1 saturated carbocycles. The van der Waals surface area contributed by atoms with Gasteiger partial charge >= 0.3 is 0 Å². The lowest BCUT2D eigenvalue weighted by molar-refractivity contribution is -0.000463. The Labute approximate surface area is 129 Å². The maximum Gasteiger partial charge on any atom is 0.0695 e. The summed E-state index contributed by atoms with van der Waals surface area (Å²) < 4.78 is 0. The first-order chi connectivity index (χ1) is 10.1. The highest BCUT2D eigenvalue weighted by atomic mass is 16.3. The van der Waals surface area contributed by atoms with Crippen molar-refractivity contribution in [2.24, 2.45) is 5.92 Å². The molecule has 1 aromatic heterocycles. The zero-order chi connectivity index (χ0) is 15.2. The second-order valence-corrected chi connectivity index (χ2v) is 6.44.